The first-order valence-corrected chi connectivity index (χ1v) is 8.12. The summed E-state index contributed by atoms with van der Waals surface area (Å²) in [7, 11) is 1.53. The van der Waals surface area contributed by atoms with Crippen molar-refractivity contribution in [1.29, 1.82) is 0 Å². The van der Waals surface area contributed by atoms with Crippen molar-refractivity contribution in [3.8, 4) is 23.0 Å². The molecule has 1 atom stereocenters. The number of hydrogen-bond donors (Lipinski definition) is 1. The van der Waals surface area contributed by atoms with Crippen molar-refractivity contribution >= 4 is 23.2 Å². The summed E-state index contributed by atoms with van der Waals surface area (Å²) in [5.74, 6) is 1.20. The van der Waals surface area contributed by atoms with E-state index in [0.29, 0.717) is 28.1 Å². The van der Waals surface area contributed by atoms with Crippen LogP contribution in [-0.2, 0) is 4.79 Å². The highest BCUT2D eigenvalue weighted by Gasteiger charge is 2.16. The van der Waals surface area contributed by atoms with Crippen molar-refractivity contribution in [2.24, 2.45) is 0 Å². The summed E-state index contributed by atoms with van der Waals surface area (Å²) in [4.78, 5) is 12.3. The molecule has 0 aliphatic heterocycles. The van der Waals surface area contributed by atoms with Gasteiger partial charge in [-0.1, -0.05) is 11.6 Å². The summed E-state index contributed by atoms with van der Waals surface area (Å²) in [5.41, 5.74) is 1.32. The molecule has 0 spiro atoms. The lowest BCUT2D eigenvalue weighted by atomic mass is 10.2. The minimum Gasteiger partial charge on any atom is -0.495 e. The quantitative estimate of drug-likeness (QED) is 0.707. The molecule has 0 aliphatic carbocycles. The molecular weight excluding hydrogens is 358 g/mol. The Hall–Kier alpha value is -3.06. The maximum Gasteiger partial charge on any atom is 0.265 e. The highest BCUT2D eigenvalue weighted by atomic mass is 35.5. The van der Waals surface area contributed by atoms with E-state index in [1.807, 2.05) is 0 Å². The number of hydrogen-bond acceptors (Lipinski definition) is 6. The summed E-state index contributed by atoms with van der Waals surface area (Å²) in [5, 5.41) is 10.6. The van der Waals surface area contributed by atoms with Crippen LogP contribution in [0.3, 0.4) is 0 Å². The third kappa shape index (κ3) is 4.12. The monoisotopic (exact) mass is 373 g/mol. The van der Waals surface area contributed by atoms with Crippen LogP contribution >= 0.6 is 11.6 Å². The number of ether oxygens (including phenoxy) is 2. The lowest BCUT2D eigenvalue weighted by Crippen LogP contribution is -2.30. The molecule has 0 fully saturated rings. The number of halogens is 1. The number of nitrogens with one attached hydrogen (secondary N) is 1. The van der Waals surface area contributed by atoms with E-state index in [1.54, 1.807) is 49.4 Å². The molecule has 1 amide bonds. The number of aromatic nitrogens is 2. The highest BCUT2D eigenvalue weighted by Crippen LogP contribution is 2.27. The van der Waals surface area contributed by atoms with E-state index in [2.05, 4.69) is 15.5 Å². The Morgan fingerprint density at radius 1 is 1.23 bits per heavy atom. The van der Waals surface area contributed by atoms with E-state index in [4.69, 9.17) is 25.5 Å². The number of carbonyl (C=O) groups is 1. The molecule has 0 saturated heterocycles. The van der Waals surface area contributed by atoms with Crippen molar-refractivity contribution < 1.29 is 18.7 Å². The molecule has 1 heterocycles. The van der Waals surface area contributed by atoms with Crippen molar-refractivity contribution in [2.75, 3.05) is 12.4 Å². The molecule has 0 saturated carbocycles. The van der Waals surface area contributed by atoms with Crippen LogP contribution in [-0.4, -0.2) is 29.3 Å². The van der Waals surface area contributed by atoms with Gasteiger partial charge in [0.25, 0.3) is 5.91 Å². The largest absolute Gasteiger partial charge is 0.495 e. The number of benzene rings is 2. The standard InChI is InChI=1S/C18H16ClN3O4/c1-11(17(23)21-13-5-8-16(24-2)15(19)9-13)26-14-6-3-12(4-7-14)18-22-20-10-25-18/h3-11H,1-2H3,(H,21,23)/t11-/m1/s1. The predicted octanol–water partition coefficient (Wildman–Crippen LogP) is 3.80. The number of methoxy groups -OCH3 is 1. The van der Waals surface area contributed by atoms with Crippen LogP contribution in [0.15, 0.2) is 53.3 Å². The molecule has 8 heteroatoms. The second-order valence-electron chi connectivity index (χ2n) is 5.37. The van der Waals surface area contributed by atoms with Gasteiger partial charge in [-0.15, -0.1) is 10.2 Å². The van der Waals surface area contributed by atoms with Crippen LogP contribution in [0.4, 0.5) is 5.69 Å². The molecule has 2 aromatic carbocycles. The van der Waals surface area contributed by atoms with E-state index < -0.39 is 6.10 Å². The van der Waals surface area contributed by atoms with E-state index in [0.717, 1.165) is 5.56 Å². The average molecular weight is 374 g/mol. The van der Waals surface area contributed by atoms with E-state index in [-0.39, 0.29) is 5.91 Å². The SMILES string of the molecule is COc1ccc(NC(=O)[C@@H](C)Oc2ccc(-c3nnco3)cc2)cc1Cl. The van der Waals surface area contributed by atoms with E-state index >= 15 is 0 Å². The topological polar surface area (TPSA) is 86.5 Å². The van der Waals surface area contributed by atoms with Crippen LogP contribution in [0, 0.1) is 0 Å². The smallest absolute Gasteiger partial charge is 0.265 e. The zero-order chi connectivity index (χ0) is 18.5. The van der Waals surface area contributed by atoms with Crippen molar-refractivity contribution in [3.63, 3.8) is 0 Å². The van der Waals surface area contributed by atoms with E-state index in [9.17, 15) is 4.79 Å². The molecule has 0 unspecified atom stereocenters. The van der Waals surface area contributed by atoms with Gasteiger partial charge in [-0.2, -0.15) is 0 Å². The molecule has 3 rings (SSSR count). The van der Waals surface area contributed by atoms with Crippen molar-refractivity contribution in [1.82, 2.24) is 10.2 Å². The lowest BCUT2D eigenvalue weighted by Gasteiger charge is -2.15. The van der Waals surface area contributed by atoms with Crippen molar-refractivity contribution in [3.05, 3.63) is 53.9 Å². The summed E-state index contributed by atoms with van der Waals surface area (Å²) >= 11 is 6.05. The van der Waals surface area contributed by atoms with Crippen LogP contribution in [0.1, 0.15) is 6.92 Å². The van der Waals surface area contributed by atoms with Gasteiger partial charge >= 0.3 is 0 Å². The van der Waals surface area contributed by atoms with Crippen LogP contribution in [0.5, 0.6) is 11.5 Å². The maximum atomic E-state index is 12.3. The Balaban J connectivity index is 1.61. The zero-order valence-electron chi connectivity index (χ0n) is 14.1. The minimum atomic E-state index is -0.704. The second-order valence-corrected chi connectivity index (χ2v) is 5.77. The number of anilines is 1. The number of carbonyl (C=O) groups excluding carboxylic acids is 1. The van der Waals surface area contributed by atoms with Crippen LogP contribution in [0.25, 0.3) is 11.5 Å². The van der Waals surface area contributed by atoms with Gasteiger partial charge in [-0.3, -0.25) is 4.79 Å². The number of rotatable bonds is 6. The molecule has 0 aliphatic rings. The summed E-state index contributed by atoms with van der Waals surface area (Å²) in [6.45, 7) is 1.66. The third-order valence-corrected chi connectivity index (χ3v) is 3.86. The third-order valence-electron chi connectivity index (χ3n) is 3.56. The fourth-order valence-electron chi connectivity index (χ4n) is 2.22. The van der Waals surface area contributed by atoms with Gasteiger partial charge in [-0.05, 0) is 49.4 Å². The summed E-state index contributed by atoms with van der Waals surface area (Å²) in [6, 6.07) is 12.0. The molecule has 7 nitrogen and oxygen atoms in total. The number of amides is 1. The van der Waals surface area contributed by atoms with Gasteiger partial charge in [0.1, 0.15) is 11.5 Å². The van der Waals surface area contributed by atoms with Gasteiger partial charge in [0.05, 0.1) is 12.1 Å². The molecule has 1 aromatic heterocycles. The second kappa shape index (κ2) is 7.88. The molecule has 134 valence electrons. The van der Waals surface area contributed by atoms with E-state index in [1.165, 1.54) is 13.5 Å². The minimum absolute atomic E-state index is 0.299. The summed E-state index contributed by atoms with van der Waals surface area (Å²) in [6.07, 6.45) is 0.558. The zero-order valence-corrected chi connectivity index (χ0v) is 14.9. The fraction of sp³-hybridized carbons (Fsp3) is 0.167. The van der Waals surface area contributed by atoms with Crippen LogP contribution in [0.2, 0.25) is 5.02 Å². The average Bonchev–Trinajstić information content (AvgIpc) is 3.17. The Labute approximate surface area is 154 Å². The normalized spacial score (nSPS) is 11.7. The van der Waals surface area contributed by atoms with Crippen molar-refractivity contribution in [2.45, 2.75) is 13.0 Å². The first kappa shape index (κ1) is 17.8. The highest BCUT2D eigenvalue weighted by molar-refractivity contribution is 6.32. The van der Waals surface area contributed by atoms with Gasteiger partial charge in [0.2, 0.25) is 12.3 Å². The molecule has 0 radical (unpaired) electrons. The number of nitrogens with zero attached hydrogens (tertiary/aromatic N) is 2. The van der Waals surface area contributed by atoms with Crippen LogP contribution < -0.4 is 14.8 Å². The van der Waals surface area contributed by atoms with Gasteiger partial charge in [-0.25, -0.2) is 0 Å². The van der Waals surface area contributed by atoms with Gasteiger partial charge in [0, 0.05) is 11.3 Å². The lowest BCUT2D eigenvalue weighted by molar-refractivity contribution is -0.122. The molecule has 1 N–H and O–H groups in total. The first-order valence-electron chi connectivity index (χ1n) is 7.74. The predicted molar refractivity (Wildman–Crippen MR) is 96.5 cm³/mol. The first-order chi connectivity index (χ1) is 12.6. The molecule has 3 aromatic rings. The Morgan fingerprint density at radius 3 is 2.62 bits per heavy atom. The maximum absolute atomic E-state index is 12.3. The fourth-order valence-corrected chi connectivity index (χ4v) is 2.48. The molecular formula is C18H16ClN3O4. The molecule has 26 heavy (non-hydrogen) atoms. The summed E-state index contributed by atoms with van der Waals surface area (Å²) < 4.78 is 15.9. The molecule has 0 bridgehead atoms. The van der Waals surface area contributed by atoms with Gasteiger partial charge in [0.15, 0.2) is 6.10 Å². The Bertz CT molecular complexity index is 882. The van der Waals surface area contributed by atoms with Gasteiger partial charge < -0.3 is 19.2 Å². The Kier molecular flexibility index (Phi) is 5.38. The Morgan fingerprint density at radius 2 is 2.00 bits per heavy atom.